The van der Waals surface area contributed by atoms with Gasteiger partial charge in [-0.15, -0.1) is 0 Å². The van der Waals surface area contributed by atoms with Crippen molar-refractivity contribution in [1.82, 2.24) is 9.97 Å². The fourth-order valence-corrected chi connectivity index (χ4v) is 1.64. The van der Waals surface area contributed by atoms with E-state index in [1.165, 1.54) is 0 Å². The predicted molar refractivity (Wildman–Crippen MR) is 72.5 cm³/mol. The molecule has 2 heterocycles. The van der Waals surface area contributed by atoms with Crippen LogP contribution in [0.25, 0.3) is 16.6 Å². The molecule has 0 atom stereocenters. The fraction of sp³-hybridized carbons (Fsp3) is 0.0667. The van der Waals surface area contributed by atoms with Crippen molar-refractivity contribution in [2.24, 2.45) is 0 Å². The molecule has 0 bridgehead atoms. The highest BCUT2D eigenvalue weighted by Crippen LogP contribution is 2.18. The maximum atomic E-state index is 4.40. The van der Waals surface area contributed by atoms with Crippen LogP contribution in [0.2, 0.25) is 0 Å². The first kappa shape index (κ1) is 11.3. The van der Waals surface area contributed by atoms with Crippen molar-refractivity contribution in [1.29, 1.82) is 0 Å². The fourth-order valence-electron chi connectivity index (χ4n) is 1.64. The van der Waals surface area contributed by atoms with E-state index in [1.807, 2.05) is 49.5 Å². The Morgan fingerprint density at radius 1 is 1.29 bits per heavy atom. The standard InChI is InChI=1S/C15H14N2/c1-3-5-7-12(4-2)13-10-15-14(17-11-13)8-6-9-16-15/h3-11H,1H2,2H3/b7-5-,12-4+. The van der Waals surface area contributed by atoms with Gasteiger partial charge < -0.3 is 0 Å². The van der Waals surface area contributed by atoms with Gasteiger partial charge in [-0.2, -0.15) is 0 Å². The highest BCUT2D eigenvalue weighted by molar-refractivity contribution is 5.81. The van der Waals surface area contributed by atoms with Gasteiger partial charge in [0.05, 0.1) is 11.0 Å². The molecular formula is C15H14N2. The van der Waals surface area contributed by atoms with Crippen molar-refractivity contribution < 1.29 is 0 Å². The average Bonchev–Trinajstić information content (AvgIpc) is 2.39. The summed E-state index contributed by atoms with van der Waals surface area (Å²) in [6, 6.07) is 5.90. The van der Waals surface area contributed by atoms with E-state index in [9.17, 15) is 0 Å². The minimum absolute atomic E-state index is 0.913. The van der Waals surface area contributed by atoms with Gasteiger partial charge >= 0.3 is 0 Å². The Labute approximate surface area is 101 Å². The van der Waals surface area contributed by atoms with Gasteiger partial charge in [-0.05, 0) is 30.7 Å². The Hall–Kier alpha value is -2.22. The second kappa shape index (κ2) is 5.21. The number of hydrogen-bond donors (Lipinski definition) is 0. The Balaban J connectivity index is 2.48. The number of nitrogens with zero attached hydrogens (tertiary/aromatic N) is 2. The Kier molecular flexibility index (Phi) is 3.46. The number of aromatic nitrogens is 2. The van der Waals surface area contributed by atoms with Crippen LogP contribution in [-0.4, -0.2) is 9.97 Å². The van der Waals surface area contributed by atoms with Gasteiger partial charge in [-0.25, -0.2) is 0 Å². The quantitative estimate of drug-likeness (QED) is 0.739. The third kappa shape index (κ3) is 2.48. The smallest absolute Gasteiger partial charge is 0.0892 e. The molecule has 0 saturated carbocycles. The summed E-state index contributed by atoms with van der Waals surface area (Å²) in [5, 5.41) is 0. The Morgan fingerprint density at radius 2 is 2.18 bits per heavy atom. The molecule has 2 heteroatoms. The lowest BCUT2D eigenvalue weighted by molar-refractivity contribution is 1.32. The summed E-state index contributed by atoms with van der Waals surface area (Å²) in [6.07, 6.45) is 11.4. The van der Waals surface area contributed by atoms with E-state index in [2.05, 4.69) is 16.5 Å². The van der Waals surface area contributed by atoms with Crippen molar-refractivity contribution in [2.45, 2.75) is 6.92 Å². The molecule has 2 rings (SSSR count). The molecule has 0 aliphatic heterocycles. The van der Waals surface area contributed by atoms with Crippen LogP contribution in [0.5, 0.6) is 0 Å². The lowest BCUT2D eigenvalue weighted by atomic mass is 10.1. The van der Waals surface area contributed by atoms with Crippen molar-refractivity contribution in [3.63, 3.8) is 0 Å². The molecule has 0 aromatic carbocycles. The second-order valence-corrected chi connectivity index (χ2v) is 3.60. The molecule has 0 aliphatic carbocycles. The van der Waals surface area contributed by atoms with Crippen LogP contribution in [0.15, 0.2) is 61.5 Å². The molecule has 84 valence electrons. The van der Waals surface area contributed by atoms with Gasteiger partial charge in [0.2, 0.25) is 0 Å². The van der Waals surface area contributed by atoms with Crippen molar-refractivity contribution in [3.05, 3.63) is 67.0 Å². The monoisotopic (exact) mass is 222 g/mol. The third-order valence-corrected chi connectivity index (χ3v) is 2.51. The lowest BCUT2D eigenvalue weighted by Gasteiger charge is -2.03. The maximum absolute atomic E-state index is 4.40. The molecule has 17 heavy (non-hydrogen) atoms. The normalized spacial score (nSPS) is 12.2. The van der Waals surface area contributed by atoms with Gasteiger partial charge in [0.25, 0.3) is 0 Å². The number of rotatable bonds is 3. The molecule has 0 saturated heterocycles. The first-order chi connectivity index (χ1) is 8.35. The summed E-state index contributed by atoms with van der Waals surface area (Å²) in [5.41, 5.74) is 4.01. The highest BCUT2D eigenvalue weighted by Gasteiger charge is 2.00. The molecule has 0 N–H and O–H groups in total. The minimum atomic E-state index is 0.913. The zero-order valence-electron chi connectivity index (χ0n) is 9.80. The van der Waals surface area contributed by atoms with Gasteiger partial charge in [0.1, 0.15) is 0 Å². The number of allylic oxidation sites excluding steroid dienone is 5. The van der Waals surface area contributed by atoms with Crippen LogP contribution in [0.4, 0.5) is 0 Å². The zero-order chi connectivity index (χ0) is 12.1. The van der Waals surface area contributed by atoms with Crippen molar-refractivity contribution in [3.8, 4) is 0 Å². The first-order valence-corrected chi connectivity index (χ1v) is 5.51. The van der Waals surface area contributed by atoms with E-state index in [-0.39, 0.29) is 0 Å². The van der Waals surface area contributed by atoms with Crippen LogP contribution >= 0.6 is 0 Å². The maximum Gasteiger partial charge on any atom is 0.0892 e. The molecule has 2 aromatic heterocycles. The summed E-state index contributed by atoms with van der Waals surface area (Å²) >= 11 is 0. The topological polar surface area (TPSA) is 25.8 Å². The van der Waals surface area contributed by atoms with Gasteiger partial charge in [-0.3, -0.25) is 9.97 Å². The van der Waals surface area contributed by atoms with Crippen LogP contribution < -0.4 is 0 Å². The Morgan fingerprint density at radius 3 is 2.94 bits per heavy atom. The average molecular weight is 222 g/mol. The zero-order valence-corrected chi connectivity index (χ0v) is 9.80. The lowest BCUT2D eigenvalue weighted by Crippen LogP contribution is -1.87. The molecule has 0 spiro atoms. The predicted octanol–water partition coefficient (Wildman–Crippen LogP) is 3.78. The van der Waals surface area contributed by atoms with E-state index < -0.39 is 0 Å². The van der Waals surface area contributed by atoms with Crippen LogP contribution in [-0.2, 0) is 0 Å². The Bertz CT molecular complexity index is 595. The van der Waals surface area contributed by atoms with Gasteiger partial charge in [-0.1, -0.05) is 30.9 Å². The van der Waals surface area contributed by atoms with Crippen molar-refractivity contribution in [2.75, 3.05) is 0 Å². The largest absolute Gasteiger partial charge is 0.255 e. The van der Waals surface area contributed by atoms with Crippen molar-refractivity contribution >= 4 is 16.6 Å². The van der Waals surface area contributed by atoms with E-state index >= 15 is 0 Å². The molecular weight excluding hydrogens is 208 g/mol. The molecule has 0 aliphatic rings. The number of fused-ring (bicyclic) bond motifs is 1. The molecule has 0 amide bonds. The van der Waals surface area contributed by atoms with Crippen LogP contribution in [0.3, 0.4) is 0 Å². The van der Waals surface area contributed by atoms with E-state index in [0.29, 0.717) is 0 Å². The molecule has 0 radical (unpaired) electrons. The summed E-state index contributed by atoms with van der Waals surface area (Å²) in [7, 11) is 0. The van der Waals surface area contributed by atoms with Gasteiger partial charge in [0.15, 0.2) is 0 Å². The summed E-state index contributed by atoms with van der Waals surface area (Å²) in [5.74, 6) is 0. The number of pyridine rings is 2. The third-order valence-electron chi connectivity index (χ3n) is 2.51. The highest BCUT2D eigenvalue weighted by atomic mass is 14.7. The summed E-state index contributed by atoms with van der Waals surface area (Å²) in [6.45, 7) is 5.67. The molecule has 0 unspecified atom stereocenters. The minimum Gasteiger partial charge on any atom is -0.255 e. The van der Waals surface area contributed by atoms with Crippen LogP contribution in [0, 0.1) is 0 Å². The summed E-state index contributed by atoms with van der Waals surface area (Å²) in [4.78, 5) is 8.70. The SMILES string of the molecule is C=C/C=C\C(=C/C)c1cnc2cccnc2c1. The second-order valence-electron chi connectivity index (χ2n) is 3.60. The van der Waals surface area contributed by atoms with E-state index in [0.717, 1.165) is 22.2 Å². The summed E-state index contributed by atoms with van der Waals surface area (Å²) < 4.78 is 0. The van der Waals surface area contributed by atoms with E-state index in [4.69, 9.17) is 0 Å². The van der Waals surface area contributed by atoms with Crippen LogP contribution in [0.1, 0.15) is 12.5 Å². The molecule has 2 aromatic rings. The molecule has 0 fully saturated rings. The van der Waals surface area contributed by atoms with E-state index in [1.54, 1.807) is 12.3 Å². The molecule has 2 nitrogen and oxygen atoms in total. The van der Waals surface area contributed by atoms with Gasteiger partial charge in [0, 0.05) is 18.0 Å². The number of hydrogen-bond acceptors (Lipinski definition) is 2. The first-order valence-electron chi connectivity index (χ1n) is 5.51.